The van der Waals surface area contributed by atoms with Crippen LogP contribution < -0.4 is 10.6 Å². The number of urea groups is 1. The fraction of sp³-hybridized carbons (Fsp3) is 0.444. The summed E-state index contributed by atoms with van der Waals surface area (Å²) in [6.45, 7) is 3.76. The lowest BCUT2D eigenvalue weighted by atomic mass is 9.94. The zero-order valence-electron chi connectivity index (χ0n) is 14.0. The van der Waals surface area contributed by atoms with Gasteiger partial charge in [-0.3, -0.25) is 4.79 Å². The molecule has 0 aliphatic carbocycles. The van der Waals surface area contributed by atoms with Gasteiger partial charge in [-0.1, -0.05) is 42.3 Å². The van der Waals surface area contributed by atoms with Crippen LogP contribution in [-0.4, -0.2) is 42.5 Å². The molecular weight excluding hydrogens is 361 g/mol. The van der Waals surface area contributed by atoms with Crippen molar-refractivity contribution in [1.29, 1.82) is 0 Å². The zero-order valence-corrected chi connectivity index (χ0v) is 15.5. The van der Waals surface area contributed by atoms with Crippen molar-refractivity contribution in [3.8, 4) is 0 Å². The van der Waals surface area contributed by atoms with Crippen LogP contribution in [0, 0.1) is 5.92 Å². The van der Waals surface area contributed by atoms with Gasteiger partial charge in [-0.25, -0.2) is 4.79 Å². The third kappa shape index (κ3) is 4.10. The SMILES string of the molecule is CC1CCNC(=O)C1NC(=O)N1CC=C(c2ccc(Cl)c(Cl)c2)CC1. The van der Waals surface area contributed by atoms with Crippen molar-refractivity contribution in [2.24, 2.45) is 5.92 Å². The Morgan fingerprint density at radius 1 is 1.32 bits per heavy atom. The molecule has 0 saturated carbocycles. The Kier molecular flexibility index (Phi) is 5.54. The molecule has 0 spiro atoms. The fourth-order valence-corrected chi connectivity index (χ4v) is 3.50. The molecule has 2 heterocycles. The van der Waals surface area contributed by atoms with Gasteiger partial charge >= 0.3 is 6.03 Å². The first kappa shape index (κ1) is 18.1. The van der Waals surface area contributed by atoms with Gasteiger partial charge in [0, 0.05) is 19.6 Å². The van der Waals surface area contributed by atoms with Crippen molar-refractivity contribution >= 4 is 40.7 Å². The largest absolute Gasteiger partial charge is 0.354 e. The molecule has 0 aromatic heterocycles. The van der Waals surface area contributed by atoms with E-state index in [-0.39, 0.29) is 17.9 Å². The molecule has 2 aliphatic rings. The molecule has 2 N–H and O–H groups in total. The minimum Gasteiger partial charge on any atom is -0.354 e. The predicted molar refractivity (Wildman–Crippen MR) is 99.7 cm³/mol. The van der Waals surface area contributed by atoms with Crippen molar-refractivity contribution in [2.75, 3.05) is 19.6 Å². The highest BCUT2D eigenvalue weighted by molar-refractivity contribution is 6.42. The minimum atomic E-state index is -0.457. The Labute approximate surface area is 157 Å². The monoisotopic (exact) mass is 381 g/mol. The van der Waals surface area contributed by atoms with E-state index in [1.165, 1.54) is 0 Å². The molecule has 2 unspecified atom stereocenters. The topological polar surface area (TPSA) is 61.4 Å². The second-order valence-electron chi connectivity index (χ2n) is 6.54. The van der Waals surface area contributed by atoms with Crippen molar-refractivity contribution in [2.45, 2.75) is 25.8 Å². The zero-order chi connectivity index (χ0) is 18.0. The summed E-state index contributed by atoms with van der Waals surface area (Å²) in [6, 6.07) is 4.91. The van der Waals surface area contributed by atoms with Crippen LogP contribution in [0.3, 0.4) is 0 Å². The standard InChI is InChI=1S/C18H21Cl2N3O2/c1-11-4-7-21-17(24)16(11)22-18(25)23-8-5-12(6-9-23)13-2-3-14(19)15(20)10-13/h2-3,5,10-11,16H,4,6-9H2,1H3,(H,21,24)(H,22,25). The third-order valence-corrected chi connectivity index (χ3v) is 5.56. The summed E-state index contributed by atoms with van der Waals surface area (Å²) >= 11 is 12.0. The maximum Gasteiger partial charge on any atom is 0.318 e. The summed E-state index contributed by atoms with van der Waals surface area (Å²) in [5.74, 6) is 0.0425. The number of amides is 3. The highest BCUT2D eigenvalue weighted by Crippen LogP contribution is 2.29. The number of hydrogen-bond acceptors (Lipinski definition) is 2. The van der Waals surface area contributed by atoms with Crippen LogP contribution >= 0.6 is 23.2 Å². The number of rotatable bonds is 2. The second kappa shape index (κ2) is 7.67. The Morgan fingerprint density at radius 2 is 2.12 bits per heavy atom. The Morgan fingerprint density at radius 3 is 2.76 bits per heavy atom. The summed E-state index contributed by atoms with van der Waals surface area (Å²) in [5, 5.41) is 6.72. The number of hydrogen-bond donors (Lipinski definition) is 2. The van der Waals surface area contributed by atoms with Gasteiger partial charge in [-0.05, 0) is 42.0 Å². The highest BCUT2D eigenvalue weighted by atomic mass is 35.5. The average molecular weight is 382 g/mol. The van der Waals surface area contributed by atoms with Crippen molar-refractivity contribution in [1.82, 2.24) is 15.5 Å². The van der Waals surface area contributed by atoms with Gasteiger partial charge < -0.3 is 15.5 Å². The number of benzene rings is 1. The molecule has 25 heavy (non-hydrogen) atoms. The molecule has 134 valence electrons. The number of halogens is 2. The third-order valence-electron chi connectivity index (χ3n) is 4.82. The van der Waals surface area contributed by atoms with Gasteiger partial charge in [0.25, 0.3) is 0 Å². The molecule has 1 saturated heterocycles. The molecule has 0 bridgehead atoms. The first-order valence-corrected chi connectivity index (χ1v) is 9.19. The van der Waals surface area contributed by atoms with Crippen molar-refractivity contribution < 1.29 is 9.59 Å². The fourth-order valence-electron chi connectivity index (χ4n) is 3.20. The van der Waals surface area contributed by atoms with Crippen LogP contribution in [0.4, 0.5) is 4.79 Å². The minimum absolute atomic E-state index is 0.101. The molecule has 2 atom stereocenters. The van der Waals surface area contributed by atoms with Crippen LogP contribution in [0.2, 0.25) is 10.0 Å². The van der Waals surface area contributed by atoms with E-state index in [2.05, 4.69) is 10.6 Å². The van der Waals surface area contributed by atoms with E-state index in [1.807, 2.05) is 25.1 Å². The van der Waals surface area contributed by atoms with Gasteiger partial charge in [0.15, 0.2) is 0 Å². The molecule has 2 aliphatic heterocycles. The summed E-state index contributed by atoms with van der Waals surface area (Å²) in [4.78, 5) is 26.1. The van der Waals surface area contributed by atoms with E-state index < -0.39 is 6.04 Å². The van der Waals surface area contributed by atoms with Gasteiger partial charge in [0.1, 0.15) is 6.04 Å². The van der Waals surface area contributed by atoms with Crippen LogP contribution in [0.5, 0.6) is 0 Å². The molecule has 5 nitrogen and oxygen atoms in total. The summed E-state index contributed by atoms with van der Waals surface area (Å²) < 4.78 is 0. The van der Waals surface area contributed by atoms with E-state index in [1.54, 1.807) is 11.0 Å². The van der Waals surface area contributed by atoms with Gasteiger partial charge in [-0.15, -0.1) is 0 Å². The average Bonchev–Trinajstić information content (AvgIpc) is 2.61. The van der Waals surface area contributed by atoms with Gasteiger partial charge in [0.2, 0.25) is 5.91 Å². The normalized spacial score (nSPS) is 23.7. The van der Waals surface area contributed by atoms with Crippen LogP contribution in [0.25, 0.3) is 5.57 Å². The smallest absolute Gasteiger partial charge is 0.318 e. The number of carbonyl (C=O) groups excluding carboxylic acids is 2. The second-order valence-corrected chi connectivity index (χ2v) is 7.35. The van der Waals surface area contributed by atoms with E-state index >= 15 is 0 Å². The predicted octanol–water partition coefficient (Wildman–Crippen LogP) is 3.32. The maximum atomic E-state index is 12.5. The van der Waals surface area contributed by atoms with Gasteiger partial charge in [0.05, 0.1) is 10.0 Å². The molecule has 1 aromatic carbocycles. The highest BCUT2D eigenvalue weighted by Gasteiger charge is 2.31. The van der Waals surface area contributed by atoms with Crippen LogP contribution in [-0.2, 0) is 4.79 Å². The molecule has 7 heteroatoms. The number of nitrogens with zero attached hydrogens (tertiary/aromatic N) is 1. The summed E-state index contributed by atoms with van der Waals surface area (Å²) in [5.41, 5.74) is 2.17. The Hall–Kier alpha value is -1.72. The molecule has 1 aromatic rings. The first-order chi connectivity index (χ1) is 12.0. The summed E-state index contributed by atoms with van der Waals surface area (Å²) in [7, 11) is 0. The number of nitrogens with one attached hydrogen (secondary N) is 2. The van der Waals surface area contributed by atoms with Crippen LogP contribution in [0.15, 0.2) is 24.3 Å². The van der Waals surface area contributed by atoms with Gasteiger partial charge in [-0.2, -0.15) is 0 Å². The lowest BCUT2D eigenvalue weighted by Gasteiger charge is -2.33. The number of carbonyl (C=O) groups is 2. The maximum absolute atomic E-state index is 12.5. The van der Waals surface area contributed by atoms with Crippen molar-refractivity contribution in [3.63, 3.8) is 0 Å². The van der Waals surface area contributed by atoms with E-state index in [0.717, 1.165) is 24.0 Å². The van der Waals surface area contributed by atoms with E-state index in [0.29, 0.717) is 29.7 Å². The Bertz CT molecular complexity index is 720. The molecule has 1 fully saturated rings. The quantitative estimate of drug-likeness (QED) is 0.825. The molecule has 3 amide bonds. The lowest BCUT2D eigenvalue weighted by Crippen LogP contribution is -2.57. The molecule has 0 radical (unpaired) electrons. The summed E-state index contributed by atoms with van der Waals surface area (Å²) in [6.07, 6.45) is 3.63. The number of piperidine rings is 1. The van der Waals surface area contributed by atoms with E-state index in [4.69, 9.17) is 23.2 Å². The molecule has 3 rings (SSSR count). The lowest BCUT2D eigenvalue weighted by molar-refractivity contribution is -0.125. The van der Waals surface area contributed by atoms with E-state index in [9.17, 15) is 9.59 Å². The Balaban J connectivity index is 1.62. The van der Waals surface area contributed by atoms with Crippen LogP contribution in [0.1, 0.15) is 25.3 Å². The molecular formula is C18H21Cl2N3O2. The first-order valence-electron chi connectivity index (χ1n) is 8.43. The van der Waals surface area contributed by atoms with Crippen molar-refractivity contribution in [3.05, 3.63) is 39.9 Å².